The van der Waals surface area contributed by atoms with E-state index in [2.05, 4.69) is 11.4 Å². The molecule has 33 heavy (non-hydrogen) atoms. The largest absolute Gasteiger partial charge is 0.491 e. The Bertz CT molecular complexity index is 1030. The van der Waals surface area contributed by atoms with Crippen molar-refractivity contribution in [2.45, 2.75) is 25.8 Å². The first-order chi connectivity index (χ1) is 15.9. The summed E-state index contributed by atoms with van der Waals surface area (Å²) in [7, 11) is 1.29. The number of rotatable bonds is 9. The molecule has 8 heteroatoms. The standard InChI is InChI=1S/C25H27N3O5/c1-3-27-23(29)15-28-21(12-20(25(28)31)13-24(30)32-2)16-33-22-10-8-19(9-11-22)18-6-4-17(14-26)5-7-18/h4-11,20-21H,3,12-13,15-16H2,1-2H3,(H,27,29)/t20-,21-/m0/s1. The fourth-order valence-electron chi connectivity index (χ4n) is 3.87. The van der Waals surface area contributed by atoms with Crippen molar-refractivity contribution in [3.8, 4) is 22.9 Å². The molecule has 2 amide bonds. The molecule has 0 unspecified atom stereocenters. The number of nitriles is 1. The third-order valence-electron chi connectivity index (χ3n) is 5.60. The summed E-state index contributed by atoms with van der Waals surface area (Å²) >= 11 is 0. The van der Waals surface area contributed by atoms with E-state index in [1.54, 1.807) is 12.1 Å². The number of hydrogen-bond acceptors (Lipinski definition) is 6. The van der Waals surface area contributed by atoms with Crippen LogP contribution in [0.5, 0.6) is 5.75 Å². The molecule has 1 heterocycles. The molecule has 0 spiro atoms. The molecular weight excluding hydrogens is 422 g/mol. The molecule has 1 aliphatic heterocycles. The minimum Gasteiger partial charge on any atom is -0.491 e. The van der Waals surface area contributed by atoms with Gasteiger partial charge in [-0.3, -0.25) is 14.4 Å². The Morgan fingerprint density at radius 2 is 1.76 bits per heavy atom. The first-order valence-electron chi connectivity index (χ1n) is 10.8. The monoisotopic (exact) mass is 449 g/mol. The van der Waals surface area contributed by atoms with E-state index in [1.165, 1.54) is 12.0 Å². The number of likely N-dealkylation sites (tertiary alicyclic amines) is 1. The molecule has 1 fully saturated rings. The molecule has 0 aromatic heterocycles. The highest BCUT2D eigenvalue weighted by atomic mass is 16.5. The number of ether oxygens (including phenoxy) is 2. The molecule has 2 aromatic carbocycles. The zero-order chi connectivity index (χ0) is 23.8. The van der Waals surface area contributed by atoms with Gasteiger partial charge in [0, 0.05) is 6.54 Å². The lowest BCUT2D eigenvalue weighted by Gasteiger charge is -2.24. The van der Waals surface area contributed by atoms with Crippen molar-refractivity contribution in [2.75, 3.05) is 26.8 Å². The van der Waals surface area contributed by atoms with Gasteiger partial charge in [0.25, 0.3) is 0 Å². The number of nitrogens with one attached hydrogen (secondary N) is 1. The Kier molecular flexibility index (Phi) is 8.03. The summed E-state index contributed by atoms with van der Waals surface area (Å²) in [6.45, 7) is 2.42. The topological polar surface area (TPSA) is 109 Å². The predicted octanol–water partition coefficient (Wildman–Crippen LogP) is 2.52. The Hall–Kier alpha value is -3.86. The van der Waals surface area contributed by atoms with E-state index in [0.717, 1.165) is 11.1 Å². The van der Waals surface area contributed by atoms with Gasteiger partial charge in [-0.05, 0) is 48.7 Å². The maximum Gasteiger partial charge on any atom is 0.306 e. The van der Waals surface area contributed by atoms with Gasteiger partial charge in [0.1, 0.15) is 12.4 Å². The van der Waals surface area contributed by atoms with Crippen LogP contribution in [0.15, 0.2) is 48.5 Å². The highest BCUT2D eigenvalue weighted by Gasteiger charge is 2.41. The highest BCUT2D eigenvalue weighted by molar-refractivity contribution is 5.89. The molecule has 1 aliphatic rings. The second-order valence-electron chi connectivity index (χ2n) is 7.81. The summed E-state index contributed by atoms with van der Waals surface area (Å²) < 4.78 is 10.6. The zero-order valence-electron chi connectivity index (χ0n) is 18.7. The van der Waals surface area contributed by atoms with Crippen molar-refractivity contribution in [3.63, 3.8) is 0 Å². The Balaban J connectivity index is 1.66. The lowest BCUT2D eigenvalue weighted by Crippen LogP contribution is -2.44. The first-order valence-corrected chi connectivity index (χ1v) is 10.8. The number of benzene rings is 2. The van der Waals surface area contributed by atoms with Gasteiger partial charge >= 0.3 is 5.97 Å². The number of carbonyl (C=O) groups is 3. The third-order valence-corrected chi connectivity index (χ3v) is 5.60. The number of carbonyl (C=O) groups excluding carboxylic acids is 3. The first kappa shape index (κ1) is 23.8. The molecule has 3 rings (SSSR count). The van der Waals surface area contributed by atoms with Crippen LogP contribution in [0.3, 0.4) is 0 Å². The second kappa shape index (κ2) is 11.1. The minimum atomic E-state index is -0.528. The maximum absolute atomic E-state index is 12.8. The lowest BCUT2D eigenvalue weighted by atomic mass is 10.0. The Labute approximate surface area is 193 Å². The Morgan fingerprint density at radius 1 is 1.12 bits per heavy atom. The molecule has 1 saturated heterocycles. The number of nitrogens with zero attached hydrogens (tertiary/aromatic N) is 2. The molecule has 172 valence electrons. The van der Waals surface area contributed by atoms with Gasteiger partial charge in [-0.25, -0.2) is 0 Å². The Morgan fingerprint density at radius 3 is 2.33 bits per heavy atom. The van der Waals surface area contributed by atoms with E-state index >= 15 is 0 Å². The minimum absolute atomic E-state index is 0.0168. The van der Waals surface area contributed by atoms with Crippen molar-refractivity contribution < 1.29 is 23.9 Å². The van der Waals surface area contributed by atoms with Crippen LogP contribution < -0.4 is 10.1 Å². The summed E-state index contributed by atoms with van der Waals surface area (Å²) in [5, 5.41) is 11.6. The smallest absolute Gasteiger partial charge is 0.306 e. The van der Waals surface area contributed by atoms with Crippen LogP contribution in [-0.2, 0) is 19.1 Å². The average Bonchev–Trinajstić information content (AvgIpc) is 3.12. The van der Waals surface area contributed by atoms with Crippen molar-refractivity contribution in [1.29, 1.82) is 5.26 Å². The normalized spacial score (nSPS) is 17.4. The predicted molar refractivity (Wildman–Crippen MR) is 121 cm³/mol. The number of esters is 1. The van der Waals surface area contributed by atoms with Crippen molar-refractivity contribution in [2.24, 2.45) is 5.92 Å². The van der Waals surface area contributed by atoms with Gasteiger partial charge in [-0.1, -0.05) is 24.3 Å². The van der Waals surface area contributed by atoms with E-state index in [9.17, 15) is 14.4 Å². The molecule has 0 radical (unpaired) electrons. The van der Waals surface area contributed by atoms with Gasteiger partial charge in [-0.15, -0.1) is 0 Å². The fraction of sp³-hybridized carbons (Fsp3) is 0.360. The van der Waals surface area contributed by atoms with E-state index in [4.69, 9.17) is 14.7 Å². The molecular formula is C25H27N3O5. The lowest BCUT2D eigenvalue weighted by molar-refractivity contribution is -0.145. The summed E-state index contributed by atoms with van der Waals surface area (Å²) in [6.07, 6.45) is 0.397. The van der Waals surface area contributed by atoms with Crippen LogP contribution in [0, 0.1) is 17.2 Å². The van der Waals surface area contributed by atoms with Gasteiger partial charge in [0.15, 0.2) is 0 Å². The van der Waals surface area contributed by atoms with Crippen molar-refractivity contribution in [1.82, 2.24) is 10.2 Å². The van der Waals surface area contributed by atoms with Crippen LogP contribution in [0.25, 0.3) is 11.1 Å². The summed E-state index contributed by atoms with van der Waals surface area (Å²) in [5.74, 6) is -0.836. The summed E-state index contributed by atoms with van der Waals surface area (Å²) in [6, 6.07) is 16.6. The number of methoxy groups -OCH3 is 1. The van der Waals surface area contributed by atoms with Crippen LogP contribution in [-0.4, -0.2) is 55.5 Å². The fourth-order valence-corrected chi connectivity index (χ4v) is 3.87. The zero-order valence-corrected chi connectivity index (χ0v) is 18.7. The van der Waals surface area contributed by atoms with Crippen LogP contribution in [0.4, 0.5) is 0 Å². The molecule has 2 atom stereocenters. The van der Waals surface area contributed by atoms with Crippen LogP contribution in [0.1, 0.15) is 25.3 Å². The number of amides is 2. The van der Waals surface area contributed by atoms with Crippen LogP contribution in [0.2, 0.25) is 0 Å². The number of likely N-dealkylation sites (N-methyl/N-ethyl adjacent to an activating group) is 1. The summed E-state index contributed by atoms with van der Waals surface area (Å²) in [5.41, 5.74) is 2.58. The molecule has 0 saturated carbocycles. The van der Waals surface area contributed by atoms with Gasteiger partial charge < -0.3 is 19.7 Å². The van der Waals surface area contributed by atoms with Crippen molar-refractivity contribution >= 4 is 17.8 Å². The highest BCUT2D eigenvalue weighted by Crippen LogP contribution is 2.29. The van der Waals surface area contributed by atoms with E-state index in [0.29, 0.717) is 24.3 Å². The molecule has 0 aliphatic carbocycles. The van der Waals surface area contributed by atoms with Gasteiger partial charge in [0.2, 0.25) is 11.8 Å². The van der Waals surface area contributed by atoms with Gasteiger partial charge in [-0.2, -0.15) is 5.26 Å². The second-order valence-corrected chi connectivity index (χ2v) is 7.81. The average molecular weight is 450 g/mol. The SMILES string of the molecule is CCNC(=O)CN1C(=O)[C@H](CC(=O)OC)C[C@H]1COc1ccc(-c2ccc(C#N)cc2)cc1. The molecule has 1 N–H and O–H groups in total. The molecule has 2 aromatic rings. The van der Waals surface area contributed by atoms with E-state index in [1.807, 2.05) is 43.3 Å². The molecule has 0 bridgehead atoms. The van der Waals surface area contributed by atoms with E-state index in [-0.39, 0.29) is 37.4 Å². The number of hydrogen-bond donors (Lipinski definition) is 1. The maximum atomic E-state index is 12.8. The quantitative estimate of drug-likeness (QED) is 0.590. The van der Waals surface area contributed by atoms with E-state index < -0.39 is 11.9 Å². The summed E-state index contributed by atoms with van der Waals surface area (Å²) in [4.78, 5) is 38.1. The third kappa shape index (κ3) is 6.10. The van der Waals surface area contributed by atoms with Gasteiger partial charge in [0.05, 0.1) is 43.7 Å². The van der Waals surface area contributed by atoms with Crippen LogP contribution >= 0.6 is 0 Å². The van der Waals surface area contributed by atoms with Crippen molar-refractivity contribution in [3.05, 3.63) is 54.1 Å². The molecule has 8 nitrogen and oxygen atoms in total.